The standard InChI is InChI=1S/C19H17N3S/c20-11-10-17-18(21-19-22(17)12-13-23-19)16-8-6-15(7-9-16)14-4-2-1-3-5-14/h1-9,12-13H,10-11,20H2. The lowest BCUT2D eigenvalue weighted by atomic mass is 10.0. The second kappa shape index (κ2) is 5.99. The minimum absolute atomic E-state index is 0.624. The van der Waals surface area contributed by atoms with E-state index in [0.717, 1.165) is 22.6 Å². The first kappa shape index (κ1) is 14.2. The van der Waals surface area contributed by atoms with Gasteiger partial charge in [-0.3, -0.25) is 4.40 Å². The van der Waals surface area contributed by atoms with Gasteiger partial charge in [0.15, 0.2) is 4.96 Å². The molecular formula is C19H17N3S. The summed E-state index contributed by atoms with van der Waals surface area (Å²) in [7, 11) is 0. The van der Waals surface area contributed by atoms with Gasteiger partial charge in [-0.05, 0) is 17.7 Å². The highest BCUT2D eigenvalue weighted by molar-refractivity contribution is 7.15. The molecule has 0 radical (unpaired) electrons. The van der Waals surface area contributed by atoms with Crippen LogP contribution in [0.3, 0.4) is 0 Å². The maximum atomic E-state index is 5.79. The van der Waals surface area contributed by atoms with Gasteiger partial charge in [0.2, 0.25) is 0 Å². The van der Waals surface area contributed by atoms with Crippen LogP contribution in [0.2, 0.25) is 0 Å². The molecule has 114 valence electrons. The van der Waals surface area contributed by atoms with Crippen molar-refractivity contribution >= 4 is 16.3 Å². The fraction of sp³-hybridized carbons (Fsp3) is 0.105. The van der Waals surface area contributed by atoms with Crippen LogP contribution in [0.4, 0.5) is 0 Å². The Bertz CT molecular complexity index is 920. The minimum Gasteiger partial charge on any atom is -0.330 e. The lowest BCUT2D eigenvalue weighted by Gasteiger charge is -2.05. The number of hydrogen-bond acceptors (Lipinski definition) is 3. The summed E-state index contributed by atoms with van der Waals surface area (Å²) >= 11 is 1.65. The number of hydrogen-bond donors (Lipinski definition) is 1. The average Bonchev–Trinajstić information content (AvgIpc) is 3.19. The van der Waals surface area contributed by atoms with Gasteiger partial charge >= 0.3 is 0 Å². The zero-order valence-corrected chi connectivity index (χ0v) is 13.5. The molecule has 0 spiro atoms. The summed E-state index contributed by atoms with van der Waals surface area (Å²) in [5, 5.41) is 2.06. The highest BCUT2D eigenvalue weighted by Gasteiger charge is 2.14. The molecule has 2 heterocycles. The zero-order valence-electron chi connectivity index (χ0n) is 12.6. The first-order chi connectivity index (χ1) is 11.4. The summed E-state index contributed by atoms with van der Waals surface area (Å²) in [6, 6.07) is 19.0. The summed E-state index contributed by atoms with van der Waals surface area (Å²) < 4.78 is 2.15. The number of imidazole rings is 1. The van der Waals surface area contributed by atoms with Gasteiger partial charge in [-0.1, -0.05) is 54.6 Å². The fourth-order valence-corrected chi connectivity index (χ4v) is 3.62. The van der Waals surface area contributed by atoms with Crippen LogP contribution in [0.25, 0.3) is 27.3 Å². The third-order valence-corrected chi connectivity index (χ3v) is 4.76. The lowest BCUT2D eigenvalue weighted by Crippen LogP contribution is -2.05. The van der Waals surface area contributed by atoms with Gasteiger partial charge < -0.3 is 5.73 Å². The van der Waals surface area contributed by atoms with E-state index < -0.39 is 0 Å². The molecule has 0 saturated carbocycles. The summed E-state index contributed by atoms with van der Waals surface area (Å²) in [4.78, 5) is 5.81. The fourth-order valence-electron chi connectivity index (χ4n) is 2.89. The number of nitrogens with zero attached hydrogens (tertiary/aromatic N) is 2. The predicted octanol–water partition coefficient (Wildman–Crippen LogP) is 4.23. The molecule has 0 atom stereocenters. The van der Waals surface area contributed by atoms with Crippen molar-refractivity contribution in [3.8, 4) is 22.4 Å². The second-order valence-electron chi connectivity index (χ2n) is 5.44. The van der Waals surface area contributed by atoms with E-state index >= 15 is 0 Å². The third-order valence-electron chi connectivity index (χ3n) is 4.01. The number of fused-ring (bicyclic) bond motifs is 1. The van der Waals surface area contributed by atoms with Crippen molar-refractivity contribution in [1.29, 1.82) is 0 Å². The van der Waals surface area contributed by atoms with E-state index in [9.17, 15) is 0 Å². The normalized spacial score (nSPS) is 11.2. The Morgan fingerprint density at radius 3 is 2.35 bits per heavy atom. The molecule has 0 aliphatic rings. The molecule has 0 unspecified atom stereocenters. The zero-order chi connectivity index (χ0) is 15.6. The van der Waals surface area contributed by atoms with Gasteiger partial charge in [0.1, 0.15) is 0 Å². The molecule has 4 heteroatoms. The van der Waals surface area contributed by atoms with Crippen LogP contribution in [-0.2, 0) is 6.42 Å². The number of rotatable bonds is 4. The van der Waals surface area contributed by atoms with E-state index in [0.29, 0.717) is 6.54 Å². The van der Waals surface area contributed by atoms with Crippen LogP contribution >= 0.6 is 11.3 Å². The van der Waals surface area contributed by atoms with Crippen molar-refractivity contribution in [1.82, 2.24) is 9.38 Å². The van der Waals surface area contributed by atoms with Gasteiger partial charge in [0.25, 0.3) is 0 Å². The number of aromatic nitrogens is 2. The molecule has 2 N–H and O–H groups in total. The van der Waals surface area contributed by atoms with Crippen LogP contribution in [-0.4, -0.2) is 15.9 Å². The Morgan fingerprint density at radius 2 is 1.61 bits per heavy atom. The van der Waals surface area contributed by atoms with Crippen LogP contribution in [0.1, 0.15) is 5.69 Å². The highest BCUT2D eigenvalue weighted by Crippen LogP contribution is 2.29. The van der Waals surface area contributed by atoms with Crippen LogP contribution in [0, 0.1) is 0 Å². The van der Waals surface area contributed by atoms with Crippen LogP contribution in [0.5, 0.6) is 0 Å². The topological polar surface area (TPSA) is 43.3 Å². The van der Waals surface area contributed by atoms with E-state index in [4.69, 9.17) is 10.7 Å². The molecule has 2 aromatic heterocycles. The molecule has 0 bridgehead atoms. The Morgan fingerprint density at radius 1 is 0.913 bits per heavy atom. The van der Waals surface area contributed by atoms with Gasteiger partial charge in [0.05, 0.1) is 11.4 Å². The smallest absolute Gasteiger partial charge is 0.194 e. The first-order valence-corrected chi connectivity index (χ1v) is 8.55. The molecule has 2 aromatic carbocycles. The Labute approximate surface area is 139 Å². The number of benzene rings is 2. The van der Waals surface area contributed by atoms with Crippen LogP contribution < -0.4 is 5.73 Å². The molecule has 0 aliphatic heterocycles. The summed E-state index contributed by atoms with van der Waals surface area (Å²) in [6.07, 6.45) is 2.90. The number of thiazole rings is 1. The van der Waals surface area contributed by atoms with E-state index in [1.165, 1.54) is 16.8 Å². The van der Waals surface area contributed by atoms with Gasteiger partial charge in [-0.2, -0.15) is 0 Å². The molecule has 3 nitrogen and oxygen atoms in total. The van der Waals surface area contributed by atoms with E-state index in [1.807, 2.05) is 6.07 Å². The van der Waals surface area contributed by atoms with Crippen LogP contribution in [0.15, 0.2) is 66.2 Å². The first-order valence-electron chi connectivity index (χ1n) is 7.67. The summed E-state index contributed by atoms with van der Waals surface area (Å²) in [6.45, 7) is 0.624. The maximum Gasteiger partial charge on any atom is 0.194 e. The quantitative estimate of drug-likeness (QED) is 0.611. The van der Waals surface area contributed by atoms with Crippen molar-refractivity contribution < 1.29 is 0 Å². The minimum atomic E-state index is 0.624. The largest absolute Gasteiger partial charge is 0.330 e. The molecular weight excluding hydrogens is 302 g/mol. The van der Waals surface area contributed by atoms with Crippen molar-refractivity contribution in [3.63, 3.8) is 0 Å². The molecule has 0 amide bonds. The predicted molar refractivity (Wildman–Crippen MR) is 96.7 cm³/mol. The van der Waals surface area contributed by atoms with Crippen molar-refractivity contribution in [2.75, 3.05) is 6.54 Å². The Kier molecular flexibility index (Phi) is 3.69. The van der Waals surface area contributed by atoms with Gasteiger partial charge in [-0.25, -0.2) is 4.98 Å². The number of nitrogens with two attached hydrogens (primary N) is 1. The van der Waals surface area contributed by atoms with Crippen molar-refractivity contribution in [3.05, 3.63) is 71.9 Å². The second-order valence-corrected chi connectivity index (χ2v) is 6.32. The average molecular weight is 319 g/mol. The molecule has 0 fully saturated rings. The van der Waals surface area contributed by atoms with Gasteiger partial charge in [0, 0.05) is 23.6 Å². The molecule has 0 aliphatic carbocycles. The van der Waals surface area contributed by atoms with Gasteiger partial charge in [-0.15, -0.1) is 11.3 Å². The van der Waals surface area contributed by atoms with Crippen molar-refractivity contribution in [2.45, 2.75) is 6.42 Å². The Hall–Kier alpha value is -2.43. The van der Waals surface area contributed by atoms with Crippen molar-refractivity contribution in [2.24, 2.45) is 5.73 Å². The molecule has 4 rings (SSSR count). The third kappa shape index (κ3) is 2.56. The molecule has 23 heavy (non-hydrogen) atoms. The monoisotopic (exact) mass is 319 g/mol. The lowest BCUT2D eigenvalue weighted by molar-refractivity contribution is 0.911. The highest BCUT2D eigenvalue weighted by atomic mass is 32.1. The molecule has 0 saturated heterocycles. The summed E-state index contributed by atoms with van der Waals surface area (Å²) in [5.74, 6) is 0. The SMILES string of the molecule is NCCc1c(-c2ccc(-c3ccccc3)cc2)nc2sccn12. The van der Waals surface area contributed by atoms with E-state index in [-0.39, 0.29) is 0 Å². The molecule has 4 aromatic rings. The summed E-state index contributed by atoms with van der Waals surface area (Å²) in [5.41, 5.74) is 11.6. The van der Waals surface area contributed by atoms with E-state index in [1.54, 1.807) is 11.3 Å². The van der Waals surface area contributed by atoms with E-state index in [2.05, 4.69) is 64.5 Å². The maximum absolute atomic E-state index is 5.79. The Balaban J connectivity index is 1.76.